The minimum absolute atomic E-state index is 0.271. The van der Waals surface area contributed by atoms with E-state index in [9.17, 15) is 4.79 Å². The quantitative estimate of drug-likeness (QED) is 0.683. The largest absolute Gasteiger partial charge is 0.294 e. The number of carbonyl (C=O) groups excluding carboxylic acids is 1. The maximum absolute atomic E-state index is 12.9. The van der Waals surface area contributed by atoms with Crippen molar-refractivity contribution in [2.24, 2.45) is 5.92 Å². The number of hydrogen-bond donors (Lipinski definition) is 0. The summed E-state index contributed by atoms with van der Waals surface area (Å²) < 4.78 is 0. The number of carbonyl (C=O) groups is 1. The van der Waals surface area contributed by atoms with E-state index in [2.05, 4.69) is 34.6 Å². The number of rotatable bonds is 2. The summed E-state index contributed by atoms with van der Waals surface area (Å²) in [4.78, 5) is 12.9. The molecular formula is C18H26O. The molecule has 0 unspecified atom stereocenters. The fraction of sp³-hybridized carbons (Fsp3) is 0.611. The van der Waals surface area contributed by atoms with E-state index < -0.39 is 0 Å². The Kier molecular flexibility index (Phi) is 4.13. The van der Waals surface area contributed by atoms with E-state index in [0.717, 1.165) is 18.4 Å². The van der Waals surface area contributed by atoms with Crippen LogP contribution in [0.3, 0.4) is 0 Å². The molecule has 0 N–H and O–H groups in total. The van der Waals surface area contributed by atoms with Crippen LogP contribution in [0.15, 0.2) is 0 Å². The number of Topliss-reactive ketones (excluding diaryl/α,β-unsaturated/α-hetero) is 1. The molecule has 0 heterocycles. The van der Waals surface area contributed by atoms with Crippen LogP contribution in [-0.4, -0.2) is 5.78 Å². The first-order chi connectivity index (χ1) is 8.95. The smallest absolute Gasteiger partial charge is 0.166 e. The van der Waals surface area contributed by atoms with Crippen molar-refractivity contribution in [2.75, 3.05) is 0 Å². The molecule has 0 saturated heterocycles. The van der Waals surface area contributed by atoms with E-state index >= 15 is 0 Å². The average molecular weight is 258 g/mol. The van der Waals surface area contributed by atoms with Gasteiger partial charge in [-0.2, -0.15) is 0 Å². The Balaban J connectivity index is 2.47. The number of benzene rings is 1. The summed E-state index contributed by atoms with van der Waals surface area (Å²) in [6, 6.07) is 0. The van der Waals surface area contributed by atoms with Gasteiger partial charge in [0.05, 0.1) is 0 Å². The lowest BCUT2D eigenvalue weighted by Crippen LogP contribution is -2.21. The molecule has 1 aliphatic carbocycles. The van der Waals surface area contributed by atoms with E-state index in [4.69, 9.17) is 0 Å². The fourth-order valence-electron chi connectivity index (χ4n) is 3.44. The Morgan fingerprint density at radius 2 is 1.16 bits per heavy atom. The minimum atomic E-state index is 0.271. The van der Waals surface area contributed by atoms with Crippen LogP contribution in [0.25, 0.3) is 0 Å². The van der Waals surface area contributed by atoms with Crippen LogP contribution in [0.4, 0.5) is 0 Å². The maximum atomic E-state index is 12.9. The first-order valence-electron chi connectivity index (χ1n) is 7.56. The second-order valence-electron chi connectivity index (χ2n) is 6.20. The van der Waals surface area contributed by atoms with Gasteiger partial charge >= 0.3 is 0 Å². The Hall–Kier alpha value is -1.11. The molecule has 19 heavy (non-hydrogen) atoms. The second kappa shape index (κ2) is 5.48. The molecule has 104 valence electrons. The summed E-state index contributed by atoms with van der Waals surface area (Å²) in [6.07, 6.45) is 5.91. The maximum Gasteiger partial charge on any atom is 0.166 e. The zero-order valence-corrected chi connectivity index (χ0v) is 13.0. The normalized spacial score (nSPS) is 16.7. The van der Waals surface area contributed by atoms with Crippen molar-refractivity contribution in [3.8, 4) is 0 Å². The Labute approximate surface area is 117 Å². The molecule has 1 nitrogen and oxygen atoms in total. The van der Waals surface area contributed by atoms with Crippen LogP contribution < -0.4 is 0 Å². The molecule has 0 bridgehead atoms. The molecule has 2 rings (SSSR count). The highest BCUT2D eigenvalue weighted by atomic mass is 16.1. The third-order valence-electron chi connectivity index (χ3n) is 5.22. The van der Waals surface area contributed by atoms with Gasteiger partial charge < -0.3 is 0 Å². The molecular weight excluding hydrogens is 232 g/mol. The van der Waals surface area contributed by atoms with Crippen molar-refractivity contribution in [1.82, 2.24) is 0 Å². The van der Waals surface area contributed by atoms with E-state index in [-0.39, 0.29) is 5.92 Å². The third-order valence-corrected chi connectivity index (χ3v) is 5.22. The van der Waals surface area contributed by atoms with E-state index in [1.54, 1.807) is 0 Å². The minimum Gasteiger partial charge on any atom is -0.294 e. The number of hydrogen-bond acceptors (Lipinski definition) is 1. The van der Waals surface area contributed by atoms with Gasteiger partial charge in [-0.05, 0) is 75.3 Å². The standard InChI is InChI=1S/C18H26O/c1-11-12(2)14(4)17(15(5)13(11)3)18(19)16-9-7-6-8-10-16/h16H,6-10H2,1-5H3. The van der Waals surface area contributed by atoms with Crippen LogP contribution in [-0.2, 0) is 0 Å². The Morgan fingerprint density at radius 3 is 1.63 bits per heavy atom. The van der Waals surface area contributed by atoms with Gasteiger partial charge in [0.25, 0.3) is 0 Å². The van der Waals surface area contributed by atoms with Crippen molar-refractivity contribution >= 4 is 5.78 Å². The lowest BCUT2D eigenvalue weighted by Gasteiger charge is -2.24. The molecule has 0 spiro atoms. The Bertz CT molecular complexity index is 476. The topological polar surface area (TPSA) is 17.1 Å². The molecule has 0 atom stereocenters. The van der Waals surface area contributed by atoms with Crippen LogP contribution in [0.2, 0.25) is 0 Å². The molecule has 0 aliphatic heterocycles. The number of ketones is 1. The van der Waals surface area contributed by atoms with E-state index in [0.29, 0.717) is 5.78 Å². The van der Waals surface area contributed by atoms with Crippen LogP contribution >= 0.6 is 0 Å². The van der Waals surface area contributed by atoms with Gasteiger partial charge in [-0.1, -0.05) is 19.3 Å². The highest BCUT2D eigenvalue weighted by molar-refractivity contribution is 6.01. The molecule has 1 aromatic rings. The zero-order chi connectivity index (χ0) is 14.2. The van der Waals surface area contributed by atoms with Crippen molar-refractivity contribution in [3.63, 3.8) is 0 Å². The van der Waals surface area contributed by atoms with Crippen molar-refractivity contribution < 1.29 is 4.79 Å². The van der Waals surface area contributed by atoms with Gasteiger partial charge in [-0.3, -0.25) is 4.79 Å². The average Bonchev–Trinajstić information content (AvgIpc) is 2.44. The van der Waals surface area contributed by atoms with Crippen LogP contribution in [0.1, 0.15) is 70.3 Å². The monoisotopic (exact) mass is 258 g/mol. The predicted molar refractivity (Wildman–Crippen MR) is 81.0 cm³/mol. The van der Waals surface area contributed by atoms with Crippen molar-refractivity contribution in [1.29, 1.82) is 0 Å². The molecule has 1 saturated carbocycles. The van der Waals surface area contributed by atoms with Gasteiger partial charge in [0, 0.05) is 11.5 Å². The molecule has 0 radical (unpaired) electrons. The summed E-state index contributed by atoms with van der Waals surface area (Å²) in [6.45, 7) is 10.7. The summed E-state index contributed by atoms with van der Waals surface area (Å²) in [5.74, 6) is 0.675. The van der Waals surface area contributed by atoms with Gasteiger partial charge in [0.1, 0.15) is 0 Å². The predicted octanol–water partition coefficient (Wildman–Crippen LogP) is 4.99. The Morgan fingerprint density at radius 1 is 0.737 bits per heavy atom. The van der Waals surface area contributed by atoms with Crippen molar-refractivity contribution in [2.45, 2.75) is 66.7 Å². The first kappa shape index (κ1) is 14.3. The van der Waals surface area contributed by atoms with E-state index in [1.807, 2.05) is 0 Å². The lowest BCUT2D eigenvalue weighted by molar-refractivity contribution is 0.0888. The summed E-state index contributed by atoms with van der Waals surface area (Å²) in [7, 11) is 0. The van der Waals surface area contributed by atoms with Gasteiger partial charge in [-0.25, -0.2) is 0 Å². The van der Waals surface area contributed by atoms with E-state index in [1.165, 1.54) is 47.1 Å². The molecule has 1 aromatic carbocycles. The highest BCUT2D eigenvalue weighted by Gasteiger charge is 2.26. The summed E-state index contributed by atoms with van der Waals surface area (Å²) in [5, 5.41) is 0. The SMILES string of the molecule is Cc1c(C)c(C)c(C(=O)C2CCCCC2)c(C)c1C. The highest BCUT2D eigenvalue weighted by Crippen LogP contribution is 2.32. The lowest BCUT2D eigenvalue weighted by atomic mass is 9.79. The second-order valence-corrected chi connectivity index (χ2v) is 6.20. The molecule has 0 aromatic heterocycles. The summed E-state index contributed by atoms with van der Waals surface area (Å²) in [5.41, 5.74) is 7.36. The van der Waals surface area contributed by atoms with Crippen molar-refractivity contribution in [3.05, 3.63) is 33.4 Å². The van der Waals surface area contributed by atoms with Gasteiger partial charge in [0.2, 0.25) is 0 Å². The van der Waals surface area contributed by atoms with Gasteiger partial charge in [0.15, 0.2) is 5.78 Å². The van der Waals surface area contributed by atoms with Crippen LogP contribution in [0.5, 0.6) is 0 Å². The molecule has 1 heteroatoms. The molecule has 1 fully saturated rings. The first-order valence-corrected chi connectivity index (χ1v) is 7.56. The third kappa shape index (κ3) is 2.48. The molecule has 1 aliphatic rings. The molecule has 0 amide bonds. The van der Waals surface area contributed by atoms with Gasteiger partial charge in [-0.15, -0.1) is 0 Å². The summed E-state index contributed by atoms with van der Waals surface area (Å²) >= 11 is 0. The fourth-order valence-corrected chi connectivity index (χ4v) is 3.44. The van der Waals surface area contributed by atoms with Crippen LogP contribution in [0, 0.1) is 40.5 Å². The zero-order valence-electron chi connectivity index (χ0n) is 13.0.